The van der Waals surface area contributed by atoms with E-state index in [0.717, 1.165) is 16.4 Å². The van der Waals surface area contributed by atoms with E-state index in [9.17, 15) is 9.59 Å². The predicted molar refractivity (Wildman–Crippen MR) is 88.5 cm³/mol. The Bertz CT molecular complexity index is 866. The minimum absolute atomic E-state index is 0.0897. The SMILES string of the molecule is O=C(O)CCCCC(=O)Nc1cccc2c1oc1ccccc12. The van der Waals surface area contributed by atoms with Gasteiger partial charge in [0.1, 0.15) is 5.58 Å². The van der Waals surface area contributed by atoms with E-state index in [1.807, 2.05) is 36.4 Å². The van der Waals surface area contributed by atoms with Crippen LogP contribution in [0.2, 0.25) is 0 Å². The van der Waals surface area contributed by atoms with Crippen LogP contribution in [-0.2, 0) is 9.59 Å². The second-order valence-corrected chi connectivity index (χ2v) is 5.43. The molecule has 1 amide bonds. The van der Waals surface area contributed by atoms with Crippen molar-refractivity contribution in [1.82, 2.24) is 0 Å². The lowest BCUT2D eigenvalue weighted by Crippen LogP contribution is -2.11. The normalized spacial score (nSPS) is 11.0. The van der Waals surface area contributed by atoms with Crippen molar-refractivity contribution in [3.8, 4) is 0 Å². The summed E-state index contributed by atoms with van der Waals surface area (Å²) in [7, 11) is 0. The Labute approximate surface area is 132 Å². The van der Waals surface area contributed by atoms with Gasteiger partial charge in [0.2, 0.25) is 5.91 Å². The van der Waals surface area contributed by atoms with Crippen molar-refractivity contribution in [1.29, 1.82) is 0 Å². The van der Waals surface area contributed by atoms with Crippen LogP contribution in [0.15, 0.2) is 46.9 Å². The van der Waals surface area contributed by atoms with Crippen LogP contribution >= 0.6 is 0 Å². The van der Waals surface area contributed by atoms with Crippen LogP contribution in [0, 0.1) is 0 Å². The lowest BCUT2D eigenvalue weighted by molar-refractivity contribution is -0.137. The highest BCUT2D eigenvalue weighted by Crippen LogP contribution is 2.33. The maximum absolute atomic E-state index is 12.0. The van der Waals surface area contributed by atoms with Gasteiger partial charge in [0, 0.05) is 23.6 Å². The Kier molecular flexibility index (Phi) is 4.28. The molecule has 0 aliphatic carbocycles. The smallest absolute Gasteiger partial charge is 0.303 e. The van der Waals surface area contributed by atoms with Crippen molar-refractivity contribution >= 4 is 39.5 Å². The molecule has 0 unspecified atom stereocenters. The zero-order valence-electron chi connectivity index (χ0n) is 12.5. The number of hydrogen-bond acceptors (Lipinski definition) is 3. The lowest BCUT2D eigenvalue weighted by Gasteiger charge is -2.05. The van der Waals surface area contributed by atoms with Crippen molar-refractivity contribution < 1.29 is 19.1 Å². The molecule has 118 valence electrons. The minimum atomic E-state index is -0.836. The zero-order chi connectivity index (χ0) is 16.2. The van der Waals surface area contributed by atoms with Crippen molar-refractivity contribution in [2.75, 3.05) is 5.32 Å². The molecule has 3 rings (SSSR count). The Hall–Kier alpha value is -2.82. The molecule has 0 fully saturated rings. The molecule has 1 heterocycles. The molecule has 1 aromatic heterocycles. The standard InChI is InChI=1S/C18H17NO4/c20-16(10-3-4-11-17(21)22)19-14-8-5-7-13-12-6-1-2-9-15(12)23-18(13)14/h1-2,5-9H,3-4,10-11H2,(H,19,20)(H,21,22). The lowest BCUT2D eigenvalue weighted by atomic mass is 10.1. The number of hydrogen-bond donors (Lipinski definition) is 2. The van der Waals surface area contributed by atoms with Gasteiger partial charge in [-0.15, -0.1) is 0 Å². The molecular formula is C18H17NO4. The van der Waals surface area contributed by atoms with Crippen molar-refractivity contribution in [2.45, 2.75) is 25.7 Å². The van der Waals surface area contributed by atoms with E-state index >= 15 is 0 Å². The highest BCUT2D eigenvalue weighted by molar-refractivity contribution is 6.10. The predicted octanol–water partition coefficient (Wildman–Crippen LogP) is 4.17. The molecule has 2 aromatic carbocycles. The molecular weight excluding hydrogens is 294 g/mol. The first-order valence-electron chi connectivity index (χ1n) is 7.57. The number of carbonyl (C=O) groups is 2. The van der Waals surface area contributed by atoms with E-state index in [4.69, 9.17) is 9.52 Å². The topological polar surface area (TPSA) is 79.5 Å². The molecule has 0 saturated heterocycles. The number of carbonyl (C=O) groups excluding carboxylic acids is 1. The van der Waals surface area contributed by atoms with Crippen molar-refractivity contribution in [3.63, 3.8) is 0 Å². The molecule has 3 aromatic rings. The number of fused-ring (bicyclic) bond motifs is 3. The molecule has 0 atom stereocenters. The molecule has 23 heavy (non-hydrogen) atoms. The molecule has 5 heteroatoms. The summed E-state index contributed by atoms with van der Waals surface area (Å²) < 4.78 is 5.85. The number of carboxylic acid groups (broad SMARTS) is 1. The maximum Gasteiger partial charge on any atom is 0.303 e. The van der Waals surface area contributed by atoms with Gasteiger partial charge in [-0.3, -0.25) is 9.59 Å². The van der Waals surface area contributed by atoms with Gasteiger partial charge in [0.25, 0.3) is 0 Å². The molecule has 2 N–H and O–H groups in total. The third-order valence-corrected chi connectivity index (χ3v) is 3.72. The van der Waals surface area contributed by atoms with E-state index in [-0.39, 0.29) is 12.3 Å². The van der Waals surface area contributed by atoms with Gasteiger partial charge >= 0.3 is 5.97 Å². The summed E-state index contributed by atoms with van der Waals surface area (Å²) in [5.74, 6) is -0.971. The maximum atomic E-state index is 12.0. The van der Waals surface area contributed by atoms with E-state index in [1.54, 1.807) is 6.07 Å². The molecule has 0 bridgehead atoms. The summed E-state index contributed by atoms with van der Waals surface area (Å²) in [6, 6.07) is 13.4. The number of unbranched alkanes of at least 4 members (excludes halogenated alkanes) is 1. The molecule has 5 nitrogen and oxygen atoms in total. The number of nitrogens with one attached hydrogen (secondary N) is 1. The highest BCUT2D eigenvalue weighted by Gasteiger charge is 2.12. The van der Waals surface area contributed by atoms with E-state index in [1.165, 1.54) is 0 Å². The van der Waals surface area contributed by atoms with E-state index in [2.05, 4.69) is 5.32 Å². The van der Waals surface area contributed by atoms with E-state index in [0.29, 0.717) is 30.5 Å². The monoisotopic (exact) mass is 311 g/mol. The molecule has 0 saturated carbocycles. The Morgan fingerprint density at radius 3 is 2.52 bits per heavy atom. The third-order valence-electron chi connectivity index (χ3n) is 3.72. The van der Waals surface area contributed by atoms with Gasteiger partial charge in [-0.1, -0.05) is 30.3 Å². The summed E-state index contributed by atoms with van der Waals surface area (Å²) in [4.78, 5) is 22.5. The number of carboxylic acids is 1. The first kappa shape index (κ1) is 15.1. The Balaban J connectivity index is 1.75. The average Bonchev–Trinajstić information content (AvgIpc) is 2.91. The highest BCUT2D eigenvalue weighted by atomic mass is 16.4. The summed E-state index contributed by atoms with van der Waals surface area (Å²) in [6.07, 6.45) is 1.43. The number of para-hydroxylation sites is 2. The summed E-state index contributed by atoms with van der Waals surface area (Å²) in [5, 5.41) is 13.4. The summed E-state index contributed by atoms with van der Waals surface area (Å²) in [5.41, 5.74) is 2.08. The number of rotatable bonds is 6. The fraction of sp³-hybridized carbons (Fsp3) is 0.222. The summed E-state index contributed by atoms with van der Waals surface area (Å²) in [6.45, 7) is 0. The van der Waals surface area contributed by atoms with Crippen LogP contribution in [0.1, 0.15) is 25.7 Å². The van der Waals surface area contributed by atoms with Crippen molar-refractivity contribution in [2.24, 2.45) is 0 Å². The van der Waals surface area contributed by atoms with Crippen LogP contribution in [0.3, 0.4) is 0 Å². The molecule has 0 aliphatic heterocycles. The number of benzene rings is 2. The number of furan rings is 1. The van der Waals surface area contributed by atoms with Crippen LogP contribution in [0.5, 0.6) is 0 Å². The third kappa shape index (κ3) is 3.34. The van der Waals surface area contributed by atoms with Crippen LogP contribution in [0.4, 0.5) is 5.69 Å². The van der Waals surface area contributed by atoms with E-state index < -0.39 is 5.97 Å². The minimum Gasteiger partial charge on any atom is -0.481 e. The molecule has 0 radical (unpaired) electrons. The largest absolute Gasteiger partial charge is 0.481 e. The van der Waals surface area contributed by atoms with Crippen LogP contribution in [0.25, 0.3) is 21.9 Å². The number of aliphatic carboxylic acids is 1. The quantitative estimate of drug-likeness (QED) is 0.670. The van der Waals surface area contributed by atoms with Gasteiger partial charge < -0.3 is 14.8 Å². The first-order chi connectivity index (χ1) is 11.1. The first-order valence-corrected chi connectivity index (χ1v) is 7.57. The molecule has 0 spiro atoms. The fourth-order valence-corrected chi connectivity index (χ4v) is 2.62. The zero-order valence-corrected chi connectivity index (χ0v) is 12.5. The van der Waals surface area contributed by atoms with Gasteiger partial charge in [-0.25, -0.2) is 0 Å². The van der Waals surface area contributed by atoms with Crippen molar-refractivity contribution in [3.05, 3.63) is 42.5 Å². The number of anilines is 1. The van der Waals surface area contributed by atoms with Gasteiger partial charge in [0.15, 0.2) is 5.58 Å². The number of amides is 1. The van der Waals surface area contributed by atoms with Crippen LogP contribution in [-0.4, -0.2) is 17.0 Å². The van der Waals surface area contributed by atoms with Gasteiger partial charge in [-0.2, -0.15) is 0 Å². The fourth-order valence-electron chi connectivity index (χ4n) is 2.62. The second-order valence-electron chi connectivity index (χ2n) is 5.43. The van der Waals surface area contributed by atoms with Gasteiger partial charge in [0.05, 0.1) is 5.69 Å². The second kappa shape index (κ2) is 6.52. The van der Waals surface area contributed by atoms with Crippen LogP contribution < -0.4 is 5.32 Å². The Morgan fingerprint density at radius 1 is 0.957 bits per heavy atom. The van der Waals surface area contributed by atoms with Gasteiger partial charge in [-0.05, 0) is 25.0 Å². The average molecular weight is 311 g/mol. The molecule has 0 aliphatic rings. The summed E-state index contributed by atoms with van der Waals surface area (Å²) >= 11 is 0. The Morgan fingerprint density at radius 2 is 1.70 bits per heavy atom.